The fourth-order valence-electron chi connectivity index (χ4n) is 0.581. The summed E-state index contributed by atoms with van der Waals surface area (Å²) < 4.78 is 0. The van der Waals surface area contributed by atoms with E-state index in [-0.39, 0.29) is 5.38 Å². The van der Waals surface area contributed by atoms with Gasteiger partial charge in [0.25, 0.3) is 0 Å². The molecule has 1 unspecified atom stereocenters. The molecule has 0 aromatic rings. The molecule has 0 aromatic carbocycles. The molecule has 0 aromatic heterocycles. The summed E-state index contributed by atoms with van der Waals surface area (Å²) in [6.07, 6.45) is 6.27. The van der Waals surface area contributed by atoms with Gasteiger partial charge >= 0.3 is 0 Å². The lowest BCUT2D eigenvalue weighted by Crippen LogP contribution is -1.89. The zero-order valence-electron chi connectivity index (χ0n) is 5.52. The molecule has 0 saturated carbocycles. The van der Waals surface area contributed by atoms with Crippen LogP contribution in [-0.2, 0) is 0 Å². The van der Waals surface area contributed by atoms with E-state index in [9.17, 15) is 0 Å². The van der Waals surface area contributed by atoms with E-state index in [2.05, 4.69) is 6.92 Å². The summed E-state index contributed by atoms with van der Waals surface area (Å²) in [6.45, 7) is 4.13. The standard InChI is InChI=1S/C7H13Cl/c1-3-5-7(8)6-4-2/h3,5,7H,4,6H2,1-2H3. The predicted octanol–water partition coefficient (Wildman–Crippen LogP) is 2.97. The normalized spacial score (nSPS) is 14.9. The Balaban J connectivity index is 3.17. The molecule has 0 nitrogen and oxygen atoms in total. The van der Waals surface area contributed by atoms with Crippen LogP contribution in [-0.4, -0.2) is 5.38 Å². The van der Waals surface area contributed by atoms with Crippen molar-refractivity contribution in [2.75, 3.05) is 0 Å². The fourth-order valence-corrected chi connectivity index (χ4v) is 0.945. The van der Waals surface area contributed by atoms with Crippen LogP contribution in [0.2, 0.25) is 0 Å². The Morgan fingerprint density at radius 1 is 1.62 bits per heavy atom. The van der Waals surface area contributed by atoms with Gasteiger partial charge in [-0.05, 0) is 13.3 Å². The lowest BCUT2D eigenvalue weighted by atomic mass is 10.2. The molecule has 0 bridgehead atoms. The molecule has 1 atom stereocenters. The number of allylic oxidation sites excluding steroid dienone is 2. The van der Waals surface area contributed by atoms with Crippen molar-refractivity contribution in [1.29, 1.82) is 0 Å². The molecule has 0 rings (SSSR count). The Morgan fingerprint density at radius 2 is 2.25 bits per heavy atom. The van der Waals surface area contributed by atoms with Crippen molar-refractivity contribution in [2.45, 2.75) is 32.1 Å². The van der Waals surface area contributed by atoms with E-state index in [0.29, 0.717) is 0 Å². The van der Waals surface area contributed by atoms with Gasteiger partial charge < -0.3 is 0 Å². The van der Waals surface area contributed by atoms with Gasteiger partial charge in [0, 0.05) is 0 Å². The summed E-state index contributed by atoms with van der Waals surface area (Å²) in [5.41, 5.74) is 0. The first-order chi connectivity index (χ1) is 3.81. The van der Waals surface area contributed by atoms with Crippen LogP contribution in [0.1, 0.15) is 26.7 Å². The average Bonchev–Trinajstić information content (AvgIpc) is 1.68. The van der Waals surface area contributed by atoms with Crippen molar-refractivity contribution in [1.82, 2.24) is 0 Å². The molecule has 0 fully saturated rings. The largest absolute Gasteiger partial charge is 0.118 e. The highest BCUT2D eigenvalue weighted by Crippen LogP contribution is 2.05. The lowest BCUT2D eigenvalue weighted by molar-refractivity contribution is 0.820. The number of alkyl halides is 1. The fraction of sp³-hybridized carbons (Fsp3) is 0.714. The number of hydrogen-bond acceptors (Lipinski definition) is 0. The summed E-state index contributed by atoms with van der Waals surface area (Å²) in [6, 6.07) is 0. The van der Waals surface area contributed by atoms with E-state index in [4.69, 9.17) is 11.6 Å². The molecule has 0 aliphatic rings. The average molecular weight is 133 g/mol. The summed E-state index contributed by atoms with van der Waals surface area (Å²) >= 11 is 5.79. The predicted molar refractivity (Wildman–Crippen MR) is 39.4 cm³/mol. The zero-order valence-corrected chi connectivity index (χ0v) is 6.28. The minimum atomic E-state index is 0.255. The molecule has 8 heavy (non-hydrogen) atoms. The van der Waals surface area contributed by atoms with E-state index in [1.54, 1.807) is 0 Å². The Morgan fingerprint density at radius 3 is 2.62 bits per heavy atom. The van der Waals surface area contributed by atoms with Crippen molar-refractivity contribution in [2.24, 2.45) is 0 Å². The van der Waals surface area contributed by atoms with Crippen LogP contribution in [0.3, 0.4) is 0 Å². The van der Waals surface area contributed by atoms with Crippen LogP contribution in [0.5, 0.6) is 0 Å². The molecule has 0 saturated heterocycles. The molecular weight excluding hydrogens is 120 g/mol. The molecule has 0 spiro atoms. The summed E-state index contributed by atoms with van der Waals surface area (Å²) in [7, 11) is 0. The molecule has 0 aliphatic heterocycles. The first-order valence-electron chi connectivity index (χ1n) is 3.08. The van der Waals surface area contributed by atoms with Gasteiger partial charge in [-0.15, -0.1) is 11.6 Å². The van der Waals surface area contributed by atoms with E-state index < -0.39 is 0 Å². The number of hydrogen-bond donors (Lipinski definition) is 0. The Labute approximate surface area is 56.5 Å². The third-order valence-corrected chi connectivity index (χ3v) is 1.33. The second-order valence-corrected chi connectivity index (χ2v) is 2.39. The smallest absolute Gasteiger partial charge is 0.0515 e. The van der Waals surface area contributed by atoms with Crippen molar-refractivity contribution in [3.8, 4) is 0 Å². The second-order valence-electron chi connectivity index (χ2n) is 1.83. The Hall–Kier alpha value is 0.0300. The molecule has 0 amide bonds. The molecule has 1 heteroatoms. The molecule has 0 heterocycles. The number of rotatable bonds is 3. The Bertz CT molecular complexity index is 66.8. The van der Waals surface area contributed by atoms with Gasteiger partial charge in [0.15, 0.2) is 0 Å². The lowest BCUT2D eigenvalue weighted by Gasteiger charge is -1.97. The molecule has 0 radical (unpaired) electrons. The van der Waals surface area contributed by atoms with E-state index in [1.165, 1.54) is 6.42 Å². The van der Waals surface area contributed by atoms with E-state index in [0.717, 1.165) is 6.42 Å². The van der Waals surface area contributed by atoms with Gasteiger partial charge in [0.2, 0.25) is 0 Å². The first-order valence-corrected chi connectivity index (χ1v) is 3.51. The molecule has 0 aliphatic carbocycles. The molecule has 0 N–H and O–H groups in total. The summed E-state index contributed by atoms with van der Waals surface area (Å²) in [4.78, 5) is 0. The van der Waals surface area contributed by atoms with Crippen LogP contribution >= 0.6 is 11.6 Å². The second kappa shape index (κ2) is 5.17. The minimum Gasteiger partial charge on any atom is -0.118 e. The van der Waals surface area contributed by atoms with Crippen molar-refractivity contribution in [3.63, 3.8) is 0 Å². The highest BCUT2D eigenvalue weighted by Gasteiger charge is 1.93. The quantitative estimate of drug-likeness (QED) is 0.409. The zero-order chi connectivity index (χ0) is 6.41. The van der Waals surface area contributed by atoms with Crippen LogP contribution in [0.4, 0.5) is 0 Å². The number of halogens is 1. The van der Waals surface area contributed by atoms with Crippen LogP contribution in [0, 0.1) is 0 Å². The van der Waals surface area contributed by atoms with Gasteiger partial charge in [-0.25, -0.2) is 0 Å². The summed E-state index contributed by atoms with van der Waals surface area (Å²) in [5, 5.41) is 0.255. The van der Waals surface area contributed by atoms with Gasteiger partial charge in [0.05, 0.1) is 5.38 Å². The van der Waals surface area contributed by atoms with Gasteiger partial charge in [-0.1, -0.05) is 25.5 Å². The maximum Gasteiger partial charge on any atom is 0.0515 e. The highest BCUT2D eigenvalue weighted by molar-refractivity contribution is 6.21. The molecular formula is C7H13Cl. The van der Waals surface area contributed by atoms with Crippen molar-refractivity contribution < 1.29 is 0 Å². The van der Waals surface area contributed by atoms with Gasteiger partial charge in [0.1, 0.15) is 0 Å². The minimum absolute atomic E-state index is 0.255. The maximum absolute atomic E-state index is 5.79. The van der Waals surface area contributed by atoms with Crippen LogP contribution in [0.25, 0.3) is 0 Å². The summed E-state index contributed by atoms with van der Waals surface area (Å²) in [5.74, 6) is 0. The van der Waals surface area contributed by atoms with Gasteiger partial charge in [-0.3, -0.25) is 0 Å². The first kappa shape index (κ1) is 8.03. The van der Waals surface area contributed by atoms with Gasteiger partial charge in [-0.2, -0.15) is 0 Å². The highest BCUT2D eigenvalue weighted by atomic mass is 35.5. The Kier molecular flexibility index (Phi) is 5.19. The monoisotopic (exact) mass is 132 g/mol. The third kappa shape index (κ3) is 4.20. The third-order valence-electron chi connectivity index (χ3n) is 0.966. The van der Waals surface area contributed by atoms with Crippen LogP contribution < -0.4 is 0 Å². The molecule has 48 valence electrons. The van der Waals surface area contributed by atoms with Crippen molar-refractivity contribution >= 4 is 11.6 Å². The van der Waals surface area contributed by atoms with Crippen molar-refractivity contribution in [3.05, 3.63) is 12.2 Å². The SMILES string of the molecule is CC=CC(Cl)CCC. The van der Waals surface area contributed by atoms with Crippen LogP contribution in [0.15, 0.2) is 12.2 Å². The van der Waals surface area contributed by atoms with E-state index in [1.807, 2.05) is 19.1 Å². The topological polar surface area (TPSA) is 0 Å². The maximum atomic E-state index is 5.79. The van der Waals surface area contributed by atoms with E-state index >= 15 is 0 Å².